The van der Waals surface area contributed by atoms with Gasteiger partial charge in [-0.3, -0.25) is 0 Å². The van der Waals surface area contributed by atoms with Gasteiger partial charge in [-0.15, -0.1) is 0 Å². The number of hydrogen-bond acceptors (Lipinski definition) is 3. The minimum absolute atomic E-state index is 0.0843. The molecule has 2 amide bonds. The lowest BCUT2D eigenvalue weighted by atomic mass is 10.1. The van der Waals surface area contributed by atoms with Gasteiger partial charge in [0.2, 0.25) is 0 Å². The van der Waals surface area contributed by atoms with Crippen molar-refractivity contribution in [3.05, 3.63) is 35.4 Å². The van der Waals surface area contributed by atoms with Crippen molar-refractivity contribution in [1.29, 1.82) is 0 Å². The van der Waals surface area contributed by atoms with E-state index in [-0.39, 0.29) is 25.2 Å². The number of aliphatic carboxylic acids is 1. The summed E-state index contributed by atoms with van der Waals surface area (Å²) < 4.78 is 5.12. The molecule has 1 unspecified atom stereocenters. The van der Waals surface area contributed by atoms with Crippen LogP contribution in [0.5, 0.6) is 0 Å². The lowest BCUT2D eigenvalue weighted by Crippen LogP contribution is -2.53. The average molecular weight is 290 g/mol. The minimum atomic E-state index is -1.03. The first-order chi connectivity index (χ1) is 10.1. The van der Waals surface area contributed by atoms with Crippen molar-refractivity contribution in [3.63, 3.8) is 0 Å². The molecule has 0 spiro atoms. The van der Waals surface area contributed by atoms with Crippen molar-refractivity contribution in [1.82, 2.24) is 10.2 Å². The standard InChI is InChI=1S/C15H18N2O4/c18-14(19)13-9-17(5-6-21-13)15(20)16-12-7-10-3-1-2-4-11(10)8-12/h1-4,12-13H,5-9H2,(H,16,20)(H,18,19). The third-order valence-corrected chi connectivity index (χ3v) is 4.01. The molecule has 0 aromatic heterocycles. The summed E-state index contributed by atoms with van der Waals surface area (Å²) in [6, 6.07) is 8.04. The highest BCUT2D eigenvalue weighted by Gasteiger charge is 2.30. The molecule has 1 saturated heterocycles. The van der Waals surface area contributed by atoms with Gasteiger partial charge in [0.15, 0.2) is 6.10 Å². The molecule has 1 aliphatic heterocycles. The number of carbonyl (C=O) groups is 2. The van der Waals surface area contributed by atoms with E-state index in [9.17, 15) is 9.59 Å². The topological polar surface area (TPSA) is 78.9 Å². The van der Waals surface area contributed by atoms with Gasteiger partial charge in [-0.1, -0.05) is 24.3 Å². The molecule has 1 aromatic rings. The molecule has 1 fully saturated rings. The summed E-state index contributed by atoms with van der Waals surface area (Å²) in [4.78, 5) is 24.7. The maximum absolute atomic E-state index is 12.2. The van der Waals surface area contributed by atoms with Crippen LogP contribution in [0, 0.1) is 0 Å². The number of morpholine rings is 1. The monoisotopic (exact) mass is 290 g/mol. The molecule has 1 atom stereocenters. The molecule has 0 bridgehead atoms. The molecule has 1 heterocycles. The Bertz CT molecular complexity index is 535. The number of carbonyl (C=O) groups excluding carboxylic acids is 1. The first-order valence-corrected chi connectivity index (χ1v) is 7.10. The zero-order chi connectivity index (χ0) is 14.8. The molecule has 1 aromatic carbocycles. The fourth-order valence-electron chi connectivity index (χ4n) is 2.91. The van der Waals surface area contributed by atoms with Crippen LogP contribution < -0.4 is 5.32 Å². The third-order valence-electron chi connectivity index (χ3n) is 4.01. The Morgan fingerprint density at radius 2 is 1.90 bits per heavy atom. The Hall–Kier alpha value is -2.08. The smallest absolute Gasteiger partial charge is 0.334 e. The molecule has 6 nitrogen and oxygen atoms in total. The van der Waals surface area contributed by atoms with E-state index in [1.165, 1.54) is 16.0 Å². The molecule has 0 radical (unpaired) electrons. The molecule has 21 heavy (non-hydrogen) atoms. The van der Waals surface area contributed by atoms with E-state index in [0.29, 0.717) is 6.54 Å². The number of fused-ring (bicyclic) bond motifs is 1. The van der Waals surface area contributed by atoms with E-state index in [2.05, 4.69) is 17.4 Å². The largest absolute Gasteiger partial charge is 0.479 e. The van der Waals surface area contributed by atoms with Crippen LogP contribution in [0.25, 0.3) is 0 Å². The number of ether oxygens (including phenoxy) is 1. The number of amides is 2. The predicted molar refractivity (Wildman–Crippen MR) is 75.1 cm³/mol. The fraction of sp³-hybridized carbons (Fsp3) is 0.467. The van der Waals surface area contributed by atoms with Gasteiger partial charge in [0.1, 0.15) is 0 Å². The van der Waals surface area contributed by atoms with Crippen LogP contribution in [0.15, 0.2) is 24.3 Å². The van der Waals surface area contributed by atoms with Gasteiger partial charge in [0, 0.05) is 12.6 Å². The zero-order valence-corrected chi connectivity index (χ0v) is 11.6. The van der Waals surface area contributed by atoms with Gasteiger partial charge < -0.3 is 20.1 Å². The van der Waals surface area contributed by atoms with Crippen molar-refractivity contribution in [2.45, 2.75) is 25.0 Å². The normalized spacial score (nSPS) is 21.9. The van der Waals surface area contributed by atoms with E-state index < -0.39 is 12.1 Å². The Morgan fingerprint density at radius 3 is 2.52 bits per heavy atom. The summed E-state index contributed by atoms with van der Waals surface area (Å²) in [5, 5.41) is 12.0. The van der Waals surface area contributed by atoms with Gasteiger partial charge in [-0.25, -0.2) is 9.59 Å². The van der Waals surface area contributed by atoms with Gasteiger partial charge in [-0.2, -0.15) is 0 Å². The number of hydrogen-bond donors (Lipinski definition) is 2. The highest BCUT2D eigenvalue weighted by Crippen LogP contribution is 2.21. The first-order valence-electron chi connectivity index (χ1n) is 7.10. The Morgan fingerprint density at radius 1 is 1.24 bits per heavy atom. The van der Waals surface area contributed by atoms with Crippen LogP contribution in [0.4, 0.5) is 4.79 Å². The maximum Gasteiger partial charge on any atom is 0.334 e. The molecule has 0 saturated carbocycles. The fourth-order valence-corrected chi connectivity index (χ4v) is 2.91. The first kappa shape index (κ1) is 13.9. The van der Waals surface area contributed by atoms with Gasteiger partial charge in [0.05, 0.1) is 13.2 Å². The Balaban J connectivity index is 1.57. The molecule has 3 rings (SSSR count). The number of urea groups is 1. The van der Waals surface area contributed by atoms with E-state index in [1.54, 1.807) is 0 Å². The molecule has 2 N–H and O–H groups in total. The van der Waals surface area contributed by atoms with E-state index in [4.69, 9.17) is 9.84 Å². The summed E-state index contributed by atoms with van der Waals surface area (Å²) in [5.74, 6) is -1.03. The van der Waals surface area contributed by atoms with Crippen LogP contribution in [0.3, 0.4) is 0 Å². The molecule has 112 valence electrons. The number of carboxylic acid groups (broad SMARTS) is 1. The van der Waals surface area contributed by atoms with Crippen LogP contribution in [-0.4, -0.2) is 53.8 Å². The number of rotatable bonds is 2. The molecule has 1 aliphatic carbocycles. The number of nitrogens with one attached hydrogen (secondary N) is 1. The second-order valence-electron chi connectivity index (χ2n) is 5.47. The lowest BCUT2D eigenvalue weighted by molar-refractivity contribution is -0.154. The Kier molecular flexibility index (Phi) is 3.79. The highest BCUT2D eigenvalue weighted by molar-refractivity contribution is 5.77. The van der Waals surface area contributed by atoms with Crippen molar-refractivity contribution in [3.8, 4) is 0 Å². The highest BCUT2D eigenvalue weighted by atomic mass is 16.5. The van der Waals surface area contributed by atoms with Crippen molar-refractivity contribution < 1.29 is 19.4 Å². The Labute approximate surface area is 122 Å². The SMILES string of the molecule is O=C(O)C1CN(C(=O)NC2Cc3ccccc3C2)CCO1. The zero-order valence-electron chi connectivity index (χ0n) is 11.6. The second-order valence-corrected chi connectivity index (χ2v) is 5.47. The summed E-state index contributed by atoms with van der Waals surface area (Å²) in [5.41, 5.74) is 2.54. The predicted octanol–water partition coefficient (Wildman–Crippen LogP) is 0.649. The quantitative estimate of drug-likeness (QED) is 0.838. The van der Waals surface area contributed by atoms with Crippen LogP contribution >= 0.6 is 0 Å². The average Bonchev–Trinajstić information content (AvgIpc) is 2.89. The summed E-state index contributed by atoms with van der Waals surface area (Å²) in [6.07, 6.45) is 0.730. The van der Waals surface area contributed by atoms with Crippen LogP contribution in [0.2, 0.25) is 0 Å². The summed E-state index contributed by atoms with van der Waals surface area (Å²) >= 11 is 0. The lowest BCUT2D eigenvalue weighted by Gasteiger charge is -2.31. The van der Waals surface area contributed by atoms with Gasteiger partial charge in [-0.05, 0) is 24.0 Å². The van der Waals surface area contributed by atoms with Crippen molar-refractivity contribution >= 4 is 12.0 Å². The van der Waals surface area contributed by atoms with E-state index >= 15 is 0 Å². The third kappa shape index (κ3) is 3.00. The molecular formula is C15H18N2O4. The van der Waals surface area contributed by atoms with E-state index in [0.717, 1.165) is 12.8 Å². The molecule has 2 aliphatic rings. The number of benzene rings is 1. The van der Waals surface area contributed by atoms with Crippen LogP contribution in [0.1, 0.15) is 11.1 Å². The van der Waals surface area contributed by atoms with Crippen molar-refractivity contribution in [2.75, 3.05) is 19.7 Å². The number of carboxylic acids is 1. The van der Waals surface area contributed by atoms with Crippen LogP contribution in [-0.2, 0) is 22.4 Å². The minimum Gasteiger partial charge on any atom is -0.479 e. The van der Waals surface area contributed by atoms with Gasteiger partial charge in [0.25, 0.3) is 0 Å². The summed E-state index contributed by atoms with van der Waals surface area (Å²) in [7, 11) is 0. The maximum atomic E-state index is 12.2. The molecule has 6 heteroatoms. The number of nitrogens with zero attached hydrogens (tertiary/aromatic N) is 1. The molecular weight excluding hydrogens is 272 g/mol. The van der Waals surface area contributed by atoms with Crippen molar-refractivity contribution in [2.24, 2.45) is 0 Å². The van der Waals surface area contributed by atoms with E-state index in [1.807, 2.05) is 12.1 Å². The van der Waals surface area contributed by atoms with Gasteiger partial charge >= 0.3 is 12.0 Å². The summed E-state index contributed by atoms with van der Waals surface area (Å²) in [6.45, 7) is 0.783. The second kappa shape index (κ2) is 5.73.